The van der Waals surface area contributed by atoms with Crippen molar-refractivity contribution < 1.29 is 22.7 Å². The molecule has 0 saturated carbocycles. The van der Waals surface area contributed by atoms with Crippen LogP contribution in [0, 0.1) is 0 Å². The summed E-state index contributed by atoms with van der Waals surface area (Å²) in [5, 5.41) is 2.90. The smallest absolute Gasteiger partial charge is 0.263 e. The predicted octanol–water partition coefficient (Wildman–Crippen LogP) is 2.66. The first-order valence-electron chi connectivity index (χ1n) is 12.0. The lowest BCUT2D eigenvalue weighted by Gasteiger charge is -2.35. The molecule has 2 aromatic rings. The second-order valence-electron chi connectivity index (χ2n) is 10.3. The van der Waals surface area contributed by atoms with E-state index in [1.165, 1.54) is 9.87 Å². The average molecular weight is 502 g/mol. The summed E-state index contributed by atoms with van der Waals surface area (Å²) in [5.74, 6) is 0.0453. The van der Waals surface area contributed by atoms with Gasteiger partial charge < -0.3 is 14.8 Å². The van der Waals surface area contributed by atoms with Crippen molar-refractivity contribution in [3.8, 4) is 5.75 Å². The number of benzene rings is 2. The molecule has 0 radical (unpaired) electrons. The van der Waals surface area contributed by atoms with E-state index in [-0.39, 0.29) is 17.9 Å². The largest absolute Gasteiger partial charge is 0.476 e. The molecule has 0 unspecified atom stereocenters. The molecule has 2 aromatic carbocycles. The molecule has 0 spiro atoms. The molecule has 0 aliphatic carbocycles. The van der Waals surface area contributed by atoms with Crippen molar-refractivity contribution in [2.24, 2.45) is 0 Å². The zero-order chi connectivity index (χ0) is 25.2. The summed E-state index contributed by atoms with van der Waals surface area (Å²) in [6.45, 7) is 10.8. The summed E-state index contributed by atoms with van der Waals surface area (Å²) in [5.41, 5.74) is 3.50. The van der Waals surface area contributed by atoms with Gasteiger partial charge in [0, 0.05) is 26.2 Å². The third-order valence-corrected chi connectivity index (χ3v) is 7.53. The number of rotatable bonds is 6. The molecule has 2 heterocycles. The molecule has 0 aromatic heterocycles. The van der Waals surface area contributed by atoms with E-state index in [2.05, 4.69) is 43.1 Å². The standard InChI is InChI=1S/C26H35N3O5S/c1-26(2,3)21-9-10-23-22(15-21)29(35(4,31)32)18-24(34-23)25(30)27-16-19-5-7-20(8-6-19)17-28-11-13-33-14-12-28/h5-10,15,24H,11-14,16-18H2,1-4H3,(H,27,30)/t24-/m1/s1. The number of amides is 1. The van der Waals surface area contributed by atoms with Crippen molar-refractivity contribution in [2.75, 3.05) is 43.4 Å². The highest BCUT2D eigenvalue weighted by atomic mass is 32.2. The Morgan fingerprint density at radius 2 is 1.71 bits per heavy atom. The SMILES string of the molecule is CC(C)(C)c1ccc2c(c1)N(S(C)(=O)=O)C[C@H](C(=O)NCc1ccc(CN3CCOCC3)cc1)O2. The first-order chi connectivity index (χ1) is 16.5. The number of nitrogens with zero attached hydrogens (tertiary/aromatic N) is 2. The molecule has 8 nitrogen and oxygen atoms in total. The van der Waals surface area contributed by atoms with Gasteiger partial charge in [0.25, 0.3) is 5.91 Å². The number of morpholine rings is 1. The van der Waals surface area contributed by atoms with Crippen molar-refractivity contribution in [3.63, 3.8) is 0 Å². The Morgan fingerprint density at radius 1 is 1.06 bits per heavy atom. The lowest BCUT2D eigenvalue weighted by atomic mass is 9.86. The van der Waals surface area contributed by atoms with E-state index < -0.39 is 16.1 Å². The second kappa shape index (κ2) is 10.2. The van der Waals surface area contributed by atoms with Gasteiger partial charge in [-0.15, -0.1) is 0 Å². The van der Waals surface area contributed by atoms with Crippen molar-refractivity contribution >= 4 is 21.6 Å². The minimum absolute atomic E-state index is 0.0657. The quantitative estimate of drug-likeness (QED) is 0.655. The van der Waals surface area contributed by atoms with E-state index in [0.29, 0.717) is 18.0 Å². The van der Waals surface area contributed by atoms with Gasteiger partial charge in [-0.1, -0.05) is 51.1 Å². The average Bonchev–Trinajstić information content (AvgIpc) is 2.82. The van der Waals surface area contributed by atoms with E-state index in [4.69, 9.17) is 9.47 Å². The van der Waals surface area contributed by atoms with Crippen LogP contribution in [0.1, 0.15) is 37.5 Å². The maximum absolute atomic E-state index is 12.9. The van der Waals surface area contributed by atoms with Crippen molar-refractivity contribution in [1.29, 1.82) is 0 Å². The monoisotopic (exact) mass is 501 g/mol. The highest BCUT2D eigenvalue weighted by molar-refractivity contribution is 7.92. The van der Waals surface area contributed by atoms with Crippen molar-refractivity contribution in [2.45, 2.75) is 45.4 Å². The van der Waals surface area contributed by atoms with Gasteiger partial charge in [0.1, 0.15) is 5.75 Å². The fourth-order valence-electron chi connectivity index (χ4n) is 4.25. The molecule has 2 aliphatic heterocycles. The Hall–Kier alpha value is -2.62. The zero-order valence-corrected chi connectivity index (χ0v) is 21.7. The molecule has 1 N–H and O–H groups in total. The Morgan fingerprint density at radius 3 is 2.34 bits per heavy atom. The first kappa shape index (κ1) is 25.5. The number of carbonyl (C=O) groups is 1. The van der Waals surface area contributed by atoms with Gasteiger partial charge in [-0.05, 0) is 34.2 Å². The molecule has 9 heteroatoms. The molecular weight excluding hydrogens is 466 g/mol. The van der Waals surface area contributed by atoms with Crippen LogP contribution >= 0.6 is 0 Å². The lowest BCUT2D eigenvalue weighted by molar-refractivity contribution is -0.127. The number of sulfonamides is 1. The van der Waals surface area contributed by atoms with Gasteiger partial charge >= 0.3 is 0 Å². The molecule has 190 valence electrons. The third kappa shape index (κ3) is 6.34. The molecule has 35 heavy (non-hydrogen) atoms. The molecular formula is C26H35N3O5S. The number of hydrogen-bond donors (Lipinski definition) is 1. The van der Waals surface area contributed by atoms with Crippen LogP contribution in [0.3, 0.4) is 0 Å². The summed E-state index contributed by atoms with van der Waals surface area (Å²) in [6, 6.07) is 13.7. The van der Waals surface area contributed by atoms with E-state index in [1.54, 1.807) is 6.07 Å². The van der Waals surface area contributed by atoms with Gasteiger partial charge in [-0.3, -0.25) is 14.0 Å². The van der Waals surface area contributed by atoms with Crippen LogP contribution in [0.4, 0.5) is 5.69 Å². The third-order valence-electron chi connectivity index (χ3n) is 6.39. The van der Waals surface area contributed by atoms with E-state index in [9.17, 15) is 13.2 Å². The maximum Gasteiger partial charge on any atom is 0.263 e. The van der Waals surface area contributed by atoms with Gasteiger partial charge in [-0.2, -0.15) is 0 Å². The van der Waals surface area contributed by atoms with Crippen LogP contribution in [-0.2, 0) is 38.1 Å². The molecule has 1 atom stereocenters. The van der Waals surface area contributed by atoms with Crippen LogP contribution in [-0.4, -0.2) is 64.4 Å². The number of nitrogens with one attached hydrogen (secondary N) is 1. The zero-order valence-electron chi connectivity index (χ0n) is 20.9. The van der Waals surface area contributed by atoms with Crippen LogP contribution in [0.15, 0.2) is 42.5 Å². The summed E-state index contributed by atoms with van der Waals surface area (Å²) in [4.78, 5) is 15.3. The van der Waals surface area contributed by atoms with E-state index >= 15 is 0 Å². The lowest BCUT2D eigenvalue weighted by Crippen LogP contribution is -2.50. The van der Waals surface area contributed by atoms with Gasteiger partial charge in [-0.25, -0.2) is 8.42 Å². The van der Waals surface area contributed by atoms with Gasteiger partial charge in [0.15, 0.2) is 6.10 Å². The summed E-state index contributed by atoms with van der Waals surface area (Å²) in [7, 11) is -3.59. The molecule has 4 rings (SSSR count). The Kier molecular flexibility index (Phi) is 7.40. The number of fused-ring (bicyclic) bond motifs is 1. The Labute approximate surface area is 208 Å². The topological polar surface area (TPSA) is 88.2 Å². The highest BCUT2D eigenvalue weighted by Gasteiger charge is 2.35. The summed E-state index contributed by atoms with van der Waals surface area (Å²) in [6.07, 6.45) is 0.220. The second-order valence-corrected chi connectivity index (χ2v) is 12.2. The number of carbonyl (C=O) groups excluding carboxylic acids is 1. The molecule has 0 bridgehead atoms. The van der Waals surface area contributed by atoms with Crippen LogP contribution in [0.5, 0.6) is 5.75 Å². The minimum Gasteiger partial charge on any atom is -0.476 e. The van der Waals surface area contributed by atoms with Crippen LogP contribution < -0.4 is 14.4 Å². The molecule has 1 amide bonds. The molecule has 2 aliphatic rings. The predicted molar refractivity (Wildman–Crippen MR) is 136 cm³/mol. The van der Waals surface area contributed by atoms with E-state index in [1.807, 2.05) is 24.3 Å². The maximum atomic E-state index is 12.9. The number of anilines is 1. The van der Waals surface area contributed by atoms with Crippen molar-refractivity contribution in [3.05, 3.63) is 59.2 Å². The number of ether oxygens (including phenoxy) is 2. The van der Waals surface area contributed by atoms with Crippen molar-refractivity contribution in [1.82, 2.24) is 10.2 Å². The van der Waals surface area contributed by atoms with Gasteiger partial charge in [0.05, 0.1) is 31.7 Å². The summed E-state index contributed by atoms with van der Waals surface area (Å²) < 4.78 is 37.7. The molecule has 1 fully saturated rings. The summed E-state index contributed by atoms with van der Waals surface area (Å²) >= 11 is 0. The van der Waals surface area contributed by atoms with E-state index in [0.717, 1.165) is 50.2 Å². The minimum atomic E-state index is -3.59. The van der Waals surface area contributed by atoms with Gasteiger partial charge in [0.2, 0.25) is 10.0 Å². The molecule has 1 saturated heterocycles. The fourth-order valence-corrected chi connectivity index (χ4v) is 5.16. The van der Waals surface area contributed by atoms with Crippen LogP contribution in [0.2, 0.25) is 0 Å². The van der Waals surface area contributed by atoms with Crippen LogP contribution in [0.25, 0.3) is 0 Å². The highest BCUT2D eigenvalue weighted by Crippen LogP contribution is 2.38. The first-order valence-corrected chi connectivity index (χ1v) is 13.8. The Bertz CT molecular complexity index is 1150. The fraction of sp³-hybridized carbons (Fsp3) is 0.500. The number of hydrogen-bond acceptors (Lipinski definition) is 6. The normalized spacial score (nSPS) is 19.1. The Balaban J connectivity index is 1.40.